The number of carbonyl (C=O) groups excluding carboxylic acids is 1. The number of rotatable bonds is 12. The standard InChI is InChI=1S/C24H28ClN3O2/c1-2-3-15-28(19-29)22-9-12-23(13-10-22)30-24(17-27-16-14-26-18-27)11-6-20-4-7-21(25)8-5-20/h4-5,7-10,12-14,16,18-19,24H,2-3,6,11,15,17H2,1H3. The predicted octanol–water partition coefficient (Wildman–Crippen LogP) is 5.38. The van der Waals surface area contributed by atoms with Crippen LogP contribution in [-0.4, -0.2) is 28.6 Å². The van der Waals surface area contributed by atoms with Gasteiger partial charge < -0.3 is 14.2 Å². The Bertz CT molecular complexity index is 880. The molecule has 0 spiro atoms. The van der Waals surface area contributed by atoms with E-state index in [1.165, 1.54) is 5.56 Å². The maximum Gasteiger partial charge on any atom is 0.214 e. The molecule has 5 nitrogen and oxygen atoms in total. The van der Waals surface area contributed by atoms with E-state index < -0.39 is 0 Å². The number of imidazole rings is 1. The zero-order chi connectivity index (χ0) is 21.2. The molecule has 0 aliphatic heterocycles. The van der Waals surface area contributed by atoms with E-state index in [4.69, 9.17) is 16.3 Å². The third-order valence-electron chi connectivity index (χ3n) is 4.99. The summed E-state index contributed by atoms with van der Waals surface area (Å²) in [6.45, 7) is 3.56. The van der Waals surface area contributed by atoms with Crippen LogP contribution in [0.1, 0.15) is 31.7 Å². The third kappa shape index (κ3) is 6.63. The molecule has 1 atom stereocenters. The summed E-state index contributed by atoms with van der Waals surface area (Å²) in [4.78, 5) is 17.2. The first-order chi connectivity index (χ1) is 14.7. The van der Waals surface area contributed by atoms with Crippen molar-refractivity contribution in [3.8, 4) is 5.75 Å². The topological polar surface area (TPSA) is 47.4 Å². The van der Waals surface area contributed by atoms with Gasteiger partial charge in [-0.3, -0.25) is 4.79 Å². The monoisotopic (exact) mass is 425 g/mol. The van der Waals surface area contributed by atoms with Gasteiger partial charge >= 0.3 is 0 Å². The fourth-order valence-corrected chi connectivity index (χ4v) is 3.40. The second-order valence-electron chi connectivity index (χ2n) is 7.31. The average Bonchev–Trinajstić information content (AvgIpc) is 3.28. The van der Waals surface area contributed by atoms with E-state index >= 15 is 0 Å². The highest BCUT2D eigenvalue weighted by Gasteiger charge is 2.13. The van der Waals surface area contributed by atoms with E-state index in [1.54, 1.807) is 17.4 Å². The Morgan fingerprint density at radius 1 is 1.17 bits per heavy atom. The molecule has 0 bridgehead atoms. The molecule has 0 radical (unpaired) electrons. The number of aryl methyl sites for hydroxylation is 1. The van der Waals surface area contributed by atoms with Crippen molar-refractivity contribution in [1.82, 2.24) is 9.55 Å². The van der Waals surface area contributed by atoms with E-state index in [9.17, 15) is 4.79 Å². The van der Waals surface area contributed by atoms with Gasteiger partial charge in [0.2, 0.25) is 6.41 Å². The molecule has 3 aromatic rings. The van der Waals surface area contributed by atoms with Crippen molar-refractivity contribution in [3.63, 3.8) is 0 Å². The molecule has 0 fully saturated rings. The van der Waals surface area contributed by atoms with Gasteiger partial charge in [-0.05, 0) is 61.2 Å². The Morgan fingerprint density at radius 2 is 1.93 bits per heavy atom. The third-order valence-corrected chi connectivity index (χ3v) is 5.24. The van der Waals surface area contributed by atoms with Gasteiger partial charge in [-0.25, -0.2) is 4.98 Å². The molecular weight excluding hydrogens is 398 g/mol. The predicted molar refractivity (Wildman–Crippen MR) is 121 cm³/mol. The molecule has 6 heteroatoms. The smallest absolute Gasteiger partial charge is 0.214 e. The second-order valence-corrected chi connectivity index (χ2v) is 7.75. The van der Waals surface area contributed by atoms with Crippen molar-refractivity contribution in [2.24, 2.45) is 0 Å². The molecule has 0 saturated heterocycles. The highest BCUT2D eigenvalue weighted by atomic mass is 35.5. The van der Waals surface area contributed by atoms with Crippen LogP contribution in [0.4, 0.5) is 5.69 Å². The van der Waals surface area contributed by atoms with Crippen LogP contribution >= 0.6 is 11.6 Å². The van der Waals surface area contributed by atoms with E-state index in [2.05, 4.69) is 24.0 Å². The van der Waals surface area contributed by atoms with Gasteiger partial charge in [-0.2, -0.15) is 0 Å². The minimum Gasteiger partial charge on any atom is -0.489 e. The SMILES string of the molecule is CCCCN(C=O)c1ccc(OC(CCc2ccc(Cl)cc2)Cn2ccnc2)cc1. The van der Waals surface area contributed by atoms with Crippen molar-refractivity contribution in [2.75, 3.05) is 11.4 Å². The second kappa shape index (κ2) is 11.4. The molecule has 0 saturated carbocycles. The zero-order valence-corrected chi connectivity index (χ0v) is 18.0. The molecule has 3 rings (SSSR count). The highest BCUT2D eigenvalue weighted by molar-refractivity contribution is 6.30. The van der Waals surface area contributed by atoms with Crippen LogP contribution in [0.15, 0.2) is 67.3 Å². The van der Waals surface area contributed by atoms with Crippen LogP contribution in [0, 0.1) is 0 Å². The average molecular weight is 426 g/mol. The first-order valence-electron chi connectivity index (χ1n) is 10.4. The van der Waals surface area contributed by atoms with Crippen molar-refractivity contribution < 1.29 is 9.53 Å². The molecule has 0 aliphatic carbocycles. The lowest BCUT2D eigenvalue weighted by molar-refractivity contribution is -0.107. The molecule has 0 aliphatic rings. The summed E-state index contributed by atoms with van der Waals surface area (Å²) in [5, 5.41) is 0.744. The number of unbranched alkanes of at least 4 members (excludes halogenated alkanes) is 1. The Morgan fingerprint density at radius 3 is 2.57 bits per heavy atom. The van der Waals surface area contributed by atoms with Gasteiger partial charge in [0.1, 0.15) is 11.9 Å². The van der Waals surface area contributed by atoms with E-state index in [1.807, 2.05) is 47.2 Å². The summed E-state index contributed by atoms with van der Waals surface area (Å²) < 4.78 is 8.33. The number of hydrogen-bond donors (Lipinski definition) is 0. The number of hydrogen-bond acceptors (Lipinski definition) is 3. The molecular formula is C24H28ClN3O2. The normalized spacial score (nSPS) is 11.8. The van der Waals surface area contributed by atoms with Gasteiger partial charge in [0.05, 0.1) is 12.9 Å². The van der Waals surface area contributed by atoms with Crippen LogP contribution in [0.2, 0.25) is 5.02 Å². The van der Waals surface area contributed by atoms with Gasteiger partial charge in [-0.15, -0.1) is 0 Å². The Labute approximate surface area is 183 Å². The minimum atomic E-state index is -0.0111. The first-order valence-corrected chi connectivity index (χ1v) is 10.7. The van der Waals surface area contributed by atoms with Crippen LogP contribution < -0.4 is 9.64 Å². The molecule has 1 heterocycles. The Hall–Kier alpha value is -2.79. The maximum absolute atomic E-state index is 11.4. The van der Waals surface area contributed by atoms with Gasteiger partial charge in [0.15, 0.2) is 0 Å². The fraction of sp³-hybridized carbons (Fsp3) is 0.333. The molecule has 1 amide bonds. The number of amides is 1. The van der Waals surface area contributed by atoms with Crippen LogP contribution in [0.5, 0.6) is 5.75 Å². The Balaban J connectivity index is 1.65. The van der Waals surface area contributed by atoms with Crippen molar-refractivity contribution in [2.45, 2.75) is 45.3 Å². The number of aromatic nitrogens is 2. The lowest BCUT2D eigenvalue weighted by atomic mass is 10.1. The molecule has 158 valence electrons. The van der Waals surface area contributed by atoms with Gasteiger partial charge in [-0.1, -0.05) is 37.1 Å². The summed E-state index contributed by atoms with van der Waals surface area (Å²) in [7, 11) is 0. The molecule has 30 heavy (non-hydrogen) atoms. The van der Waals surface area contributed by atoms with Crippen LogP contribution in [-0.2, 0) is 17.8 Å². The van der Waals surface area contributed by atoms with Crippen molar-refractivity contribution >= 4 is 23.7 Å². The molecule has 0 N–H and O–H groups in total. The number of ether oxygens (including phenoxy) is 1. The fourth-order valence-electron chi connectivity index (χ4n) is 3.28. The summed E-state index contributed by atoms with van der Waals surface area (Å²) in [6, 6.07) is 15.7. The van der Waals surface area contributed by atoms with Crippen LogP contribution in [0.25, 0.3) is 0 Å². The summed E-state index contributed by atoms with van der Waals surface area (Å²) in [5.74, 6) is 0.793. The lowest BCUT2D eigenvalue weighted by Crippen LogP contribution is -2.24. The minimum absolute atomic E-state index is 0.0111. The number of halogens is 1. The van der Waals surface area contributed by atoms with E-state index in [-0.39, 0.29) is 6.10 Å². The van der Waals surface area contributed by atoms with Crippen molar-refractivity contribution in [1.29, 1.82) is 0 Å². The van der Waals surface area contributed by atoms with E-state index in [0.717, 1.165) is 55.1 Å². The van der Waals surface area contributed by atoms with E-state index in [0.29, 0.717) is 6.54 Å². The van der Waals surface area contributed by atoms with Gasteiger partial charge in [0.25, 0.3) is 0 Å². The molecule has 1 unspecified atom stereocenters. The largest absolute Gasteiger partial charge is 0.489 e. The first kappa shape index (κ1) is 21.9. The summed E-state index contributed by atoms with van der Waals surface area (Å²) in [5.41, 5.74) is 2.12. The number of nitrogens with zero attached hydrogens (tertiary/aromatic N) is 3. The highest BCUT2D eigenvalue weighted by Crippen LogP contribution is 2.22. The number of anilines is 1. The Kier molecular flexibility index (Phi) is 8.33. The summed E-state index contributed by atoms with van der Waals surface area (Å²) in [6.07, 6.45) is 10.2. The zero-order valence-electron chi connectivity index (χ0n) is 17.3. The quantitative estimate of drug-likeness (QED) is 0.366. The van der Waals surface area contributed by atoms with Crippen molar-refractivity contribution in [3.05, 3.63) is 77.8 Å². The molecule has 1 aromatic heterocycles. The van der Waals surface area contributed by atoms with Crippen LogP contribution in [0.3, 0.4) is 0 Å². The summed E-state index contributed by atoms with van der Waals surface area (Å²) >= 11 is 5.99. The molecule has 2 aromatic carbocycles. The number of benzene rings is 2. The maximum atomic E-state index is 11.4. The lowest BCUT2D eigenvalue weighted by Gasteiger charge is -2.21. The van der Waals surface area contributed by atoms with Gasteiger partial charge in [0, 0.05) is 29.6 Å². The number of carbonyl (C=O) groups is 1.